The summed E-state index contributed by atoms with van der Waals surface area (Å²) in [4.78, 5) is 39.3. The van der Waals surface area contributed by atoms with Gasteiger partial charge in [0.15, 0.2) is 16.9 Å². The zero-order valence-corrected chi connectivity index (χ0v) is 16.7. The monoisotopic (exact) mass is 410 g/mol. The number of methoxy groups -OCH3 is 1. The normalized spacial score (nSPS) is 14.4. The minimum atomic E-state index is -0.377. The number of carbonyl (C=O) groups excluding carboxylic acids is 2. The van der Waals surface area contributed by atoms with Crippen LogP contribution in [0.4, 0.5) is 0 Å². The van der Waals surface area contributed by atoms with Crippen LogP contribution in [0.1, 0.15) is 39.2 Å². The van der Waals surface area contributed by atoms with E-state index in [1.165, 1.54) is 6.07 Å². The third-order valence-corrected chi connectivity index (χ3v) is 5.08. The number of nitrogens with zero attached hydrogens (tertiary/aromatic N) is 2. The summed E-state index contributed by atoms with van der Waals surface area (Å²) in [6.45, 7) is 2.88. The molecule has 4 rings (SSSR count). The van der Waals surface area contributed by atoms with Gasteiger partial charge in [-0.05, 0) is 25.5 Å². The van der Waals surface area contributed by atoms with E-state index in [0.29, 0.717) is 41.9 Å². The van der Waals surface area contributed by atoms with E-state index in [9.17, 15) is 14.4 Å². The van der Waals surface area contributed by atoms with Gasteiger partial charge in [0, 0.05) is 31.3 Å². The van der Waals surface area contributed by atoms with Crippen molar-refractivity contribution in [1.29, 1.82) is 0 Å². The summed E-state index contributed by atoms with van der Waals surface area (Å²) >= 11 is 0. The number of para-hydroxylation sites is 1. The number of hydrogen-bond acceptors (Lipinski definition) is 6. The van der Waals surface area contributed by atoms with Crippen LogP contribution in [-0.2, 0) is 17.7 Å². The molecule has 1 unspecified atom stereocenters. The molecule has 0 fully saturated rings. The Hall–Kier alpha value is -3.46. The summed E-state index contributed by atoms with van der Waals surface area (Å²) in [6, 6.07) is 7.89. The molecule has 1 aromatic carbocycles. The highest BCUT2D eigenvalue weighted by molar-refractivity contribution is 5.95. The Kier molecular flexibility index (Phi) is 5.37. The highest BCUT2D eigenvalue weighted by atomic mass is 16.5. The molecular formula is C21H22N4O5. The molecule has 0 aliphatic carbocycles. The first-order valence-electron chi connectivity index (χ1n) is 9.66. The molecule has 2 aromatic heterocycles. The van der Waals surface area contributed by atoms with Gasteiger partial charge >= 0.3 is 0 Å². The van der Waals surface area contributed by atoms with E-state index in [1.807, 2.05) is 6.92 Å². The largest absolute Gasteiger partial charge is 0.451 e. The number of H-pyrrole nitrogens is 1. The van der Waals surface area contributed by atoms with Crippen LogP contribution < -0.4 is 10.7 Å². The predicted octanol–water partition coefficient (Wildman–Crippen LogP) is 1.48. The second kappa shape index (κ2) is 8.11. The van der Waals surface area contributed by atoms with Gasteiger partial charge < -0.3 is 19.4 Å². The molecule has 9 heteroatoms. The molecule has 3 heterocycles. The predicted molar refractivity (Wildman–Crippen MR) is 108 cm³/mol. The molecule has 1 atom stereocenters. The van der Waals surface area contributed by atoms with Crippen LogP contribution in [0.15, 0.2) is 39.5 Å². The Morgan fingerprint density at radius 2 is 2.17 bits per heavy atom. The topological polar surface area (TPSA) is 118 Å². The van der Waals surface area contributed by atoms with Crippen LogP contribution in [0.5, 0.6) is 0 Å². The fourth-order valence-corrected chi connectivity index (χ4v) is 3.63. The maximum absolute atomic E-state index is 12.9. The fraction of sp³-hybridized carbons (Fsp3) is 0.333. The van der Waals surface area contributed by atoms with E-state index < -0.39 is 0 Å². The number of aromatic amines is 1. The summed E-state index contributed by atoms with van der Waals surface area (Å²) in [7, 11) is 1.57. The standard InChI is InChI=1S/C21H22N4O5/c1-12(11-29-2)22-20(27)19-13-7-8-25(10-15(13)23-24-19)21(28)18-9-16(26)14-5-3-4-6-17(14)30-18/h3-6,9,12H,7-8,10-11H2,1-2H3,(H,22,27)(H,23,24). The molecule has 9 nitrogen and oxygen atoms in total. The molecule has 0 radical (unpaired) electrons. The Morgan fingerprint density at radius 1 is 1.37 bits per heavy atom. The average molecular weight is 410 g/mol. The van der Waals surface area contributed by atoms with Crippen molar-refractivity contribution in [3.05, 3.63) is 63.3 Å². The van der Waals surface area contributed by atoms with Gasteiger partial charge in [-0.3, -0.25) is 19.5 Å². The SMILES string of the molecule is COCC(C)NC(=O)c1n[nH]c2c1CCN(C(=O)c1cc(=O)c3ccccc3o1)C2. The lowest BCUT2D eigenvalue weighted by Gasteiger charge is -2.26. The molecule has 30 heavy (non-hydrogen) atoms. The van der Waals surface area contributed by atoms with Crippen molar-refractivity contribution in [3.8, 4) is 0 Å². The summed E-state index contributed by atoms with van der Waals surface area (Å²) < 4.78 is 10.7. The lowest BCUT2D eigenvalue weighted by atomic mass is 10.0. The molecule has 0 saturated carbocycles. The van der Waals surface area contributed by atoms with Crippen molar-refractivity contribution in [1.82, 2.24) is 20.4 Å². The van der Waals surface area contributed by atoms with Crippen molar-refractivity contribution in [3.63, 3.8) is 0 Å². The van der Waals surface area contributed by atoms with Crippen LogP contribution in [0.25, 0.3) is 11.0 Å². The number of hydrogen-bond donors (Lipinski definition) is 2. The molecule has 2 N–H and O–H groups in total. The quantitative estimate of drug-likeness (QED) is 0.658. The molecule has 156 valence electrons. The minimum absolute atomic E-state index is 0.00646. The molecule has 1 aliphatic rings. The molecule has 0 spiro atoms. The molecule has 0 bridgehead atoms. The van der Waals surface area contributed by atoms with Gasteiger partial charge in [0.25, 0.3) is 11.8 Å². The lowest BCUT2D eigenvalue weighted by molar-refractivity contribution is 0.0700. The smallest absolute Gasteiger partial charge is 0.290 e. The van der Waals surface area contributed by atoms with Gasteiger partial charge in [-0.2, -0.15) is 5.10 Å². The zero-order chi connectivity index (χ0) is 21.3. The van der Waals surface area contributed by atoms with Gasteiger partial charge in [-0.1, -0.05) is 12.1 Å². The summed E-state index contributed by atoms with van der Waals surface area (Å²) in [5.74, 6) is -0.664. The maximum atomic E-state index is 12.9. The number of nitrogens with one attached hydrogen (secondary N) is 2. The zero-order valence-electron chi connectivity index (χ0n) is 16.7. The maximum Gasteiger partial charge on any atom is 0.290 e. The Balaban J connectivity index is 1.53. The second-order valence-corrected chi connectivity index (χ2v) is 7.31. The fourth-order valence-electron chi connectivity index (χ4n) is 3.63. The summed E-state index contributed by atoms with van der Waals surface area (Å²) in [5.41, 5.74) is 1.93. The van der Waals surface area contributed by atoms with Gasteiger partial charge in [0.05, 0.1) is 24.2 Å². The average Bonchev–Trinajstić information content (AvgIpc) is 3.16. The van der Waals surface area contributed by atoms with Crippen LogP contribution in [-0.4, -0.2) is 53.2 Å². The number of carbonyl (C=O) groups is 2. The Bertz CT molecular complexity index is 1170. The van der Waals surface area contributed by atoms with Crippen LogP contribution in [0.2, 0.25) is 0 Å². The van der Waals surface area contributed by atoms with E-state index in [2.05, 4.69) is 15.5 Å². The number of aromatic nitrogens is 2. The first-order chi connectivity index (χ1) is 14.5. The number of rotatable bonds is 5. The molecule has 0 saturated heterocycles. The van der Waals surface area contributed by atoms with E-state index >= 15 is 0 Å². The van der Waals surface area contributed by atoms with E-state index in [0.717, 1.165) is 5.56 Å². The van der Waals surface area contributed by atoms with Crippen molar-refractivity contribution in [2.75, 3.05) is 20.3 Å². The third-order valence-electron chi connectivity index (χ3n) is 5.08. The third kappa shape index (κ3) is 3.71. The number of benzene rings is 1. The first-order valence-corrected chi connectivity index (χ1v) is 9.66. The molecule has 2 amide bonds. The Labute approximate surface area is 172 Å². The second-order valence-electron chi connectivity index (χ2n) is 7.31. The first kappa shape index (κ1) is 19.8. The minimum Gasteiger partial charge on any atom is -0.451 e. The highest BCUT2D eigenvalue weighted by Gasteiger charge is 2.29. The van der Waals surface area contributed by atoms with Crippen molar-refractivity contribution >= 4 is 22.8 Å². The lowest BCUT2D eigenvalue weighted by Crippen LogP contribution is -2.38. The van der Waals surface area contributed by atoms with E-state index in [-0.39, 0.29) is 35.6 Å². The number of ether oxygens (including phenoxy) is 1. The van der Waals surface area contributed by atoms with Crippen LogP contribution >= 0.6 is 0 Å². The van der Waals surface area contributed by atoms with Gasteiger partial charge in [0.1, 0.15) is 5.58 Å². The van der Waals surface area contributed by atoms with Crippen LogP contribution in [0, 0.1) is 0 Å². The van der Waals surface area contributed by atoms with Crippen molar-refractivity contribution in [2.24, 2.45) is 0 Å². The number of fused-ring (bicyclic) bond motifs is 2. The van der Waals surface area contributed by atoms with Gasteiger partial charge in [0.2, 0.25) is 0 Å². The van der Waals surface area contributed by atoms with Gasteiger partial charge in [-0.25, -0.2) is 0 Å². The summed E-state index contributed by atoms with van der Waals surface area (Å²) in [6.07, 6.45) is 0.469. The van der Waals surface area contributed by atoms with Crippen molar-refractivity contribution in [2.45, 2.75) is 25.9 Å². The Morgan fingerprint density at radius 3 is 2.97 bits per heavy atom. The van der Waals surface area contributed by atoms with Crippen LogP contribution in [0.3, 0.4) is 0 Å². The summed E-state index contributed by atoms with van der Waals surface area (Å²) in [5, 5.41) is 10.3. The van der Waals surface area contributed by atoms with Crippen molar-refractivity contribution < 1.29 is 18.7 Å². The number of amides is 2. The van der Waals surface area contributed by atoms with E-state index in [4.69, 9.17) is 9.15 Å². The van der Waals surface area contributed by atoms with Gasteiger partial charge in [-0.15, -0.1) is 0 Å². The molecule has 1 aliphatic heterocycles. The molecular weight excluding hydrogens is 388 g/mol. The molecule has 3 aromatic rings. The highest BCUT2D eigenvalue weighted by Crippen LogP contribution is 2.22. The van der Waals surface area contributed by atoms with E-state index in [1.54, 1.807) is 36.3 Å².